The van der Waals surface area contributed by atoms with Crippen molar-refractivity contribution in [1.29, 1.82) is 0 Å². The molecule has 0 radical (unpaired) electrons. The second kappa shape index (κ2) is 9.48. The summed E-state index contributed by atoms with van der Waals surface area (Å²) in [5.74, 6) is -1.48. The molecule has 2 rings (SSSR count). The normalized spacial score (nSPS) is 11.4. The fourth-order valence-electron chi connectivity index (χ4n) is 2.16. The fourth-order valence-corrected chi connectivity index (χ4v) is 3.57. The first kappa shape index (κ1) is 22.3. The quantitative estimate of drug-likeness (QED) is 0.660. The second-order valence-electron chi connectivity index (χ2n) is 6.39. The van der Waals surface area contributed by atoms with Crippen LogP contribution in [0.25, 0.3) is 0 Å². The third-order valence-corrected chi connectivity index (χ3v) is 6.03. The first-order valence-corrected chi connectivity index (χ1v) is 10.1. The minimum Gasteiger partial charge on any atom is -0.484 e. The maximum atomic E-state index is 12.8. The van der Waals surface area contributed by atoms with Crippen molar-refractivity contribution in [3.05, 3.63) is 59.9 Å². The summed E-state index contributed by atoms with van der Waals surface area (Å²) in [5, 5.41) is 0. The molecule has 0 fully saturated rings. The third kappa shape index (κ3) is 6.00. The number of hydrazine groups is 1. The Balaban J connectivity index is 1.95. The lowest BCUT2D eigenvalue weighted by atomic mass is 10.2. The molecular formula is C19H22FN3O5S. The van der Waals surface area contributed by atoms with Crippen molar-refractivity contribution >= 4 is 21.8 Å². The van der Waals surface area contributed by atoms with Crippen molar-refractivity contribution in [1.82, 2.24) is 15.2 Å². The smallest absolute Gasteiger partial charge is 0.276 e. The van der Waals surface area contributed by atoms with E-state index in [0.717, 1.165) is 0 Å². The van der Waals surface area contributed by atoms with Crippen molar-refractivity contribution < 1.29 is 27.1 Å². The molecule has 2 amide bonds. The van der Waals surface area contributed by atoms with Crippen molar-refractivity contribution in [3.63, 3.8) is 0 Å². The predicted octanol–water partition coefficient (Wildman–Crippen LogP) is 1.69. The number of amides is 2. The van der Waals surface area contributed by atoms with Crippen LogP contribution >= 0.6 is 0 Å². The van der Waals surface area contributed by atoms with Crippen LogP contribution < -0.4 is 15.6 Å². The fraction of sp³-hybridized carbons (Fsp3) is 0.263. The number of nitrogens with zero attached hydrogens (tertiary/aromatic N) is 1. The summed E-state index contributed by atoms with van der Waals surface area (Å²) >= 11 is 0. The van der Waals surface area contributed by atoms with Crippen LogP contribution in [0.1, 0.15) is 24.2 Å². The van der Waals surface area contributed by atoms with Gasteiger partial charge in [-0.15, -0.1) is 0 Å². The van der Waals surface area contributed by atoms with Gasteiger partial charge in [0.1, 0.15) is 11.6 Å². The zero-order valence-electron chi connectivity index (χ0n) is 16.2. The standard InChI is InChI=1S/C19H22FN3O5S/c1-13(2)23(3)29(26,27)17-6-4-5-14(11-17)19(25)22-21-18(24)12-28-16-9-7-15(20)8-10-16/h4-11,13H,12H2,1-3H3,(H,21,24)(H,22,25). The van der Waals surface area contributed by atoms with Crippen LogP contribution in [0.3, 0.4) is 0 Å². The molecular weight excluding hydrogens is 401 g/mol. The van der Waals surface area contributed by atoms with Gasteiger partial charge in [0.25, 0.3) is 11.8 Å². The average molecular weight is 423 g/mol. The molecule has 29 heavy (non-hydrogen) atoms. The van der Waals surface area contributed by atoms with E-state index in [1.165, 1.54) is 59.9 Å². The van der Waals surface area contributed by atoms with Gasteiger partial charge in [-0.3, -0.25) is 20.4 Å². The molecule has 2 aromatic rings. The van der Waals surface area contributed by atoms with Crippen LogP contribution in [0.2, 0.25) is 0 Å². The highest BCUT2D eigenvalue weighted by Crippen LogP contribution is 2.17. The van der Waals surface area contributed by atoms with Gasteiger partial charge >= 0.3 is 0 Å². The van der Waals surface area contributed by atoms with Gasteiger partial charge in [0, 0.05) is 18.7 Å². The van der Waals surface area contributed by atoms with Gasteiger partial charge in [0.2, 0.25) is 10.0 Å². The molecule has 0 unspecified atom stereocenters. The van der Waals surface area contributed by atoms with Crippen molar-refractivity contribution in [3.8, 4) is 5.75 Å². The van der Waals surface area contributed by atoms with Gasteiger partial charge in [-0.05, 0) is 56.3 Å². The number of rotatable bonds is 7. The van der Waals surface area contributed by atoms with Gasteiger partial charge < -0.3 is 4.74 Å². The zero-order chi connectivity index (χ0) is 21.6. The molecule has 8 nitrogen and oxygen atoms in total. The number of halogens is 1. The Morgan fingerprint density at radius 3 is 2.38 bits per heavy atom. The monoisotopic (exact) mass is 423 g/mol. The van der Waals surface area contributed by atoms with Crippen molar-refractivity contribution in [2.45, 2.75) is 24.8 Å². The number of nitrogens with one attached hydrogen (secondary N) is 2. The molecule has 0 aliphatic heterocycles. The summed E-state index contributed by atoms with van der Waals surface area (Å²) in [6.07, 6.45) is 0. The highest BCUT2D eigenvalue weighted by atomic mass is 32.2. The first-order chi connectivity index (χ1) is 13.6. The van der Waals surface area contributed by atoms with E-state index in [1.807, 2.05) is 0 Å². The molecule has 0 saturated carbocycles. The van der Waals surface area contributed by atoms with Crippen LogP contribution in [-0.2, 0) is 14.8 Å². The highest BCUT2D eigenvalue weighted by molar-refractivity contribution is 7.89. The molecule has 2 N–H and O–H groups in total. The Bertz CT molecular complexity index is 978. The van der Waals surface area contributed by atoms with E-state index in [4.69, 9.17) is 4.74 Å². The molecule has 0 aliphatic carbocycles. The van der Waals surface area contributed by atoms with Gasteiger partial charge in [-0.2, -0.15) is 4.31 Å². The van der Waals surface area contributed by atoms with E-state index in [-0.39, 0.29) is 16.5 Å². The number of benzene rings is 2. The summed E-state index contributed by atoms with van der Waals surface area (Å²) in [6.45, 7) is 3.06. The van der Waals surface area contributed by atoms with Crippen molar-refractivity contribution in [2.75, 3.05) is 13.7 Å². The highest BCUT2D eigenvalue weighted by Gasteiger charge is 2.24. The van der Waals surface area contributed by atoms with E-state index in [1.54, 1.807) is 13.8 Å². The maximum Gasteiger partial charge on any atom is 0.276 e. The lowest BCUT2D eigenvalue weighted by Crippen LogP contribution is -2.43. The lowest BCUT2D eigenvalue weighted by Gasteiger charge is -2.21. The van der Waals surface area contributed by atoms with Crippen LogP contribution in [-0.4, -0.2) is 44.2 Å². The molecule has 0 aromatic heterocycles. The Hall–Kier alpha value is -2.98. The molecule has 0 bridgehead atoms. The summed E-state index contributed by atoms with van der Waals surface area (Å²) in [4.78, 5) is 24.0. The topological polar surface area (TPSA) is 105 Å². The van der Waals surface area contributed by atoms with Crippen molar-refractivity contribution in [2.24, 2.45) is 0 Å². The first-order valence-electron chi connectivity index (χ1n) is 8.67. The summed E-state index contributed by atoms with van der Waals surface area (Å²) < 4.78 is 44.3. The summed E-state index contributed by atoms with van der Waals surface area (Å²) in [5.41, 5.74) is 4.41. The lowest BCUT2D eigenvalue weighted by molar-refractivity contribution is -0.123. The Morgan fingerprint density at radius 1 is 1.10 bits per heavy atom. The summed E-state index contributed by atoms with van der Waals surface area (Å²) in [7, 11) is -2.30. The number of sulfonamides is 1. The van der Waals surface area contributed by atoms with Gasteiger partial charge in [0.15, 0.2) is 6.61 Å². The van der Waals surface area contributed by atoms with E-state index < -0.39 is 34.3 Å². The Morgan fingerprint density at radius 2 is 1.76 bits per heavy atom. The van der Waals surface area contributed by atoms with E-state index in [2.05, 4.69) is 10.9 Å². The van der Waals surface area contributed by atoms with E-state index in [0.29, 0.717) is 5.75 Å². The summed E-state index contributed by atoms with van der Waals surface area (Å²) in [6, 6.07) is 10.3. The van der Waals surface area contributed by atoms with Crippen LogP contribution in [0, 0.1) is 5.82 Å². The molecule has 0 saturated heterocycles. The molecule has 10 heteroatoms. The van der Waals surface area contributed by atoms with Gasteiger partial charge in [0.05, 0.1) is 4.90 Å². The third-order valence-electron chi connectivity index (χ3n) is 4.00. The molecule has 0 atom stereocenters. The number of carbonyl (C=O) groups excluding carboxylic acids is 2. The van der Waals surface area contributed by atoms with Crippen LogP contribution in [0.15, 0.2) is 53.4 Å². The Kier molecular flexibility index (Phi) is 7.29. The van der Waals surface area contributed by atoms with Gasteiger partial charge in [-0.25, -0.2) is 12.8 Å². The average Bonchev–Trinajstić information content (AvgIpc) is 2.70. The SMILES string of the molecule is CC(C)N(C)S(=O)(=O)c1cccc(C(=O)NNC(=O)COc2ccc(F)cc2)c1. The maximum absolute atomic E-state index is 12.8. The molecule has 156 valence electrons. The molecule has 0 aliphatic rings. The molecule has 0 heterocycles. The number of ether oxygens (including phenoxy) is 1. The molecule has 2 aromatic carbocycles. The van der Waals surface area contributed by atoms with Crippen LogP contribution in [0.4, 0.5) is 4.39 Å². The number of carbonyl (C=O) groups is 2. The second-order valence-corrected chi connectivity index (χ2v) is 8.39. The number of hydrogen-bond acceptors (Lipinski definition) is 5. The number of hydrogen-bond donors (Lipinski definition) is 2. The molecule has 0 spiro atoms. The van der Waals surface area contributed by atoms with E-state index in [9.17, 15) is 22.4 Å². The minimum atomic E-state index is -3.75. The minimum absolute atomic E-state index is 0.0349. The van der Waals surface area contributed by atoms with Crippen LogP contribution in [0.5, 0.6) is 5.75 Å². The van der Waals surface area contributed by atoms with E-state index >= 15 is 0 Å². The Labute approximate surface area is 168 Å². The van der Waals surface area contributed by atoms with Gasteiger partial charge in [-0.1, -0.05) is 6.07 Å². The largest absolute Gasteiger partial charge is 0.484 e. The predicted molar refractivity (Wildman–Crippen MR) is 104 cm³/mol. The zero-order valence-corrected chi connectivity index (χ0v) is 17.0.